The molecule has 1 aliphatic heterocycles. The summed E-state index contributed by atoms with van der Waals surface area (Å²) in [6.07, 6.45) is 13.2. The van der Waals surface area contributed by atoms with Crippen molar-refractivity contribution in [1.82, 2.24) is 4.90 Å². The number of amides is 1. The molecule has 1 saturated carbocycles. The highest BCUT2D eigenvalue weighted by Crippen LogP contribution is 2.43. The van der Waals surface area contributed by atoms with Gasteiger partial charge in [0.2, 0.25) is 6.41 Å². The molecule has 1 amide bonds. The van der Waals surface area contributed by atoms with E-state index >= 15 is 0 Å². The summed E-state index contributed by atoms with van der Waals surface area (Å²) in [7, 11) is 1.70. The zero-order valence-corrected chi connectivity index (χ0v) is 22.9. The Balaban J connectivity index is 0.000000642. The Bertz CT molecular complexity index is 938. The fraction of sp³-hybridized carbons (Fsp3) is 0.581. The smallest absolute Gasteiger partial charge is 0.209 e. The molecule has 5 heteroatoms. The fourth-order valence-electron chi connectivity index (χ4n) is 5.75. The average molecular weight is 514 g/mol. The van der Waals surface area contributed by atoms with Gasteiger partial charge in [0.25, 0.3) is 0 Å². The molecular formula is C31H44ClNO3. The molecule has 1 N–H and O–H groups in total. The molecule has 0 aromatic heterocycles. The number of ether oxygens (including phenoxy) is 1. The summed E-state index contributed by atoms with van der Waals surface area (Å²) >= 11 is 6.71. The van der Waals surface area contributed by atoms with Crippen molar-refractivity contribution in [2.24, 2.45) is 5.92 Å². The van der Waals surface area contributed by atoms with E-state index in [1.165, 1.54) is 43.2 Å². The lowest BCUT2D eigenvalue weighted by Gasteiger charge is -2.43. The van der Waals surface area contributed by atoms with Crippen molar-refractivity contribution < 1.29 is 14.6 Å². The minimum Gasteiger partial charge on any atom is -0.385 e. The number of aryl methyl sites for hydroxylation is 1. The molecule has 198 valence electrons. The first-order valence-corrected chi connectivity index (χ1v) is 14.1. The van der Waals surface area contributed by atoms with E-state index < -0.39 is 5.60 Å². The minimum absolute atomic E-state index is 0.0243. The molecule has 4 rings (SSSR count). The van der Waals surface area contributed by atoms with Crippen molar-refractivity contribution in [2.75, 3.05) is 26.8 Å². The first-order chi connectivity index (χ1) is 17.5. The Morgan fingerprint density at radius 2 is 1.81 bits per heavy atom. The molecule has 0 radical (unpaired) electrons. The Labute approximate surface area is 223 Å². The number of piperidine rings is 1. The Kier molecular flexibility index (Phi) is 11.8. The number of aliphatic hydroxyl groups is 1. The topological polar surface area (TPSA) is 49.8 Å². The SMILES string of the molecule is C1CCCC1.COCCCCC(O)(c1cccc(Cl)c1Cc1cccc(C)c1)C1CCCN(C=O)C1. The molecular weight excluding hydrogens is 470 g/mol. The number of carbonyl (C=O) groups is 1. The lowest BCUT2D eigenvalue weighted by Crippen LogP contribution is -2.46. The number of likely N-dealkylation sites (tertiary alicyclic amines) is 1. The second kappa shape index (κ2) is 14.8. The lowest BCUT2D eigenvalue weighted by molar-refractivity contribution is -0.123. The van der Waals surface area contributed by atoms with Gasteiger partial charge in [0.1, 0.15) is 0 Å². The van der Waals surface area contributed by atoms with Gasteiger partial charge in [0.15, 0.2) is 0 Å². The molecule has 1 aliphatic carbocycles. The number of methoxy groups -OCH3 is 1. The fourth-order valence-corrected chi connectivity index (χ4v) is 5.99. The van der Waals surface area contributed by atoms with Crippen molar-refractivity contribution in [2.45, 2.75) is 83.2 Å². The Morgan fingerprint density at radius 1 is 1.08 bits per heavy atom. The third kappa shape index (κ3) is 8.06. The maximum Gasteiger partial charge on any atom is 0.209 e. The molecule has 2 atom stereocenters. The van der Waals surface area contributed by atoms with E-state index in [1.54, 1.807) is 12.0 Å². The number of hydrogen-bond donors (Lipinski definition) is 1. The third-order valence-electron chi connectivity index (χ3n) is 7.73. The standard InChI is InChI=1S/C26H34ClNO3.C5H10/c1-20-8-5-9-21(16-20)17-23-24(11-6-12-25(23)27)26(30,13-3-4-15-31-2)22-10-7-14-28(18-22)19-29;1-2-4-5-3-1/h5-6,8-9,11-12,16,19,22,30H,3-4,7,10,13-15,17-18H2,1-2H3;1-5H2. The van der Waals surface area contributed by atoms with E-state index in [9.17, 15) is 9.90 Å². The largest absolute Gasteiger partial charge is 0.385 e. The van der Waals surface area contributed by atoms with Crippen molar-refractivity contribution in [3.05, 3.63) is 69.7 Å². The van der Waals surface area contributed by atoms with Crippen molar-refractivity contribution >= 4 is 18.0 Å². The number of carbonyl (C=O) groups excluding carboxylic acids is 1. The minimum atomic E-state index is -1.04. The van der Waals surface area contributed by atoms with Gasteiger partial charge in [-0.3, -0.25) is 4.79 Å². The summed E-state index contributed by atoms with van der Waals surface area (Å²) in [4.78, 5) is 13.3. The number of rotatable bonds is 10. The van der Waals surface area contributed by atoms with Crippen LogP contribution in [0.4, 0.5) is 0 Å². The quantitative estimate of drug-likeness (QED) is 0.273. The first-order valence-electron chi connectivity index (χ1n) is 13.7. The van der Waals surface area contributed by atoms with Crippen LogP contribution in [0.1, 0.15) is 86.5 Å². The summed E-state index contributed by atoms with van der Waals surface area (Å²) in [5.41, 5.74) is 3.22. The normalized spacial score (nSPS) is 19.3. The van der Waals surface area contributed by atoms with Gasteiger partial charge in [-0.15, -0.1) is 0 Å². The van der Waals surface area contributed by atoms with Crippen LogP contribution in [0, 0.1) is 12.8 Å². The maximum absolute atomic E-state index is 12.2. The summed E-state index contributed by atoms with van der Waals surface area (Å²) in [6, 6.07) is 14.3. The van der Waals surface area contributed by atoms with Crippen LogP contribution in [0.2, 0.25) is 5.02 Å². The molecule has 2 fully saturated rings. The molecule has 36 heavy (non-hydrogen) atoms. The van der Waals surface area contributed by atoms with Gasteiger partial charge in [0.05, 0.1) is 5.60 Å². The van der Waals surface area contributed by atoms with Gasteiger partial charge in [0, 0.05) is 37.7 Å². The third-order valence-corrected chi connectivity index (χ3v) is 8.09. The zero-order chi connectivity index (χ0) is 25.8. The second-order valence-electron chi connectivity index (χ2n) is 10.5. The molecule has 1 heterocycles. The number of unbranched alkanes of at least 4 members (excludes halogenated alkanes) is 1. The van der Waals surface area contributed by atoms with E-state index in [1.807, 2.05) is 18.2 Å². The molecule has 2 aliphatic rings. The number of halogens is 1. The van der Waals surface area contributed by atoms with Crippen LogP contribution in [0.15, 0.2) is 42.5 Å². The molecule has 0 spiro atoms. The van der Waals surface area contributed by atoms with Gasteiger partial charge < -0.3 is 14.7 Å². The van der Waals surface area contributed by atoms with Crippen LogP contribution in [0.3, 0.4) is 0 Å². The summed E-state index contributed by atoms with van der Waals surface area (Å²) in [5, 5.41) is 12.9. The number of nitrogens with zero attached hydrogens (tertiary/aromatic N) is 1. The van der Waals surface area contributed by atoms with Crippen LogP contribution in [-0.4, -0.2) is 43.2 Å². The van der Waals surface area contributed by atoms with Crippen LogP contribution in [0.5, 0.6) is 0 Å². The van der Waals surface area contributed by atoms with Crippen LogP contribution in [-0.2, 0) is 21.6 Å². The second-order valence-corrected chi connectivity index (χ2v) is 10.9. The van der Waals surface area contributed by atoms with E-state index in [0.717, 1.165) is 49.8 Å². The van der Waals surface area contributed by atoms with Gasteiger partial charge in [-0.2, -0.15) is 0 Å². The van der Waals surface area contributed by atoms with Gasteiger partial charge in [-0.25, -0.2) is 0 Å². The van der Waals surface area contributed by atoms with Crippen LogP contribution < -0.4 is 0 Å². The maximum atomic E-state index is 12.2. The van der Waals surface area contributed by atoms with Crippen molar-refractivity contribution in [1.29, 1.82) is 0 Å². The first kappa shape index (κ1) is 28.7. The highest BCUT2D eigenvalue weighted by molar-refractivity contribution is 6.31. The monoisotopic (exact) mass is 513 g/mol. The number of hydrogen-bond acceptors (Lipinski definition) is 3. The molecule has 4 nitrogen and oxygen atoms in total. The van der Waals surface area contributed by atoms with E-state index in [4.69, 9.17) is 16.3 Å². The summed E-state index contributed by atoms with van der Waals surface area (Å²) < 4.78 is 5.22. The van der Waals surface area contributed by atoms with Crippen LogP contribution in [0.25, 0.3) is 0 Å². The molecule has 2 unspecified atom stereocenters. The lowest BCUT2D eigenvalue weighted by atomic mass is 9.72. The zero-order valence-electron chi connectivity index (χ0n) is 22.2. The Hall–Kier alpha value is -1.88. The van der Waals surface area contributed by atoms with Crippen LogP contribution >= 0.6 is 11.6 Å². The summed E-state index contributed by atoms with van der Waals surface area (Å²) in [6.45, 7) is 4.08. The van der Waals surface area contributed by atoms with Gasteiger partial charge in [-0.05, 0) is 68.2 Å². The predicted octanol–water partition coefficient (Wildman–Crippen LogP) is 7.06. The highest BCUT2D eigenvalue weighted by atomic mass is 35.5. The van der Waals surface area contributed by atoms with Crippen molar-refractivity contribution in [3.63, 3.8) is 0 Å². The van der Waals surface area contributed by atoms with Crippen molar-refractivity contribution in [3.8, 4) is 0 Å². The van der Waals surface area contributed by atoms with E-state index in [2.05, 4.69) is 31.2 Å². The number of benzene rings is 2. The van der Waals surface area contributed by atoms with Gasteiger partial charge >= 0.3 is 0 Å². The molecule has 0 bridgehead atoms. The molecule has 1 saturated heterocycles. The Morgan fingerprint density at radius 3 is 2.47 bits per heavy atom. The summed E-state index contributed by atoms with van der Waals surface area (Å²) in [5.74, 6) is -0.0243. The van der Waals surface area contributed by atoms with Gasteiger partial charge in [-0.1, -0.05) is 85.7 Å². The van der Waals surface area contributed by atoms with E-state index in [0.29, 0.717) is 31.0 Å². The predicted molar refractivity (Wildman–Crippen MR) is 149 cm³/mol. The highest BCUT2D eigenvalue weighted by Gasteiger charge is 2.41. The van der Waals surface area contributed by atoms with E-state index in [-0.39, 0.29) is 5.92 Å². The molecule has 2 aromatic rings. The molecule has 2 aromatic carbocycles. The average Bonchev–Trinajstić information content (AvgIpc) is 3.48.